The quantitative estimate of drug-likeness (QED) is 0.428. The second kappa shape index (κ2) is 10.8. The fourth-order valence-corrected chi connectivity index (χ4v) is 11.4. The molecule has 2 fully saturated rings. The number of fused-ring (bicyclic) bond motifs is 1. The fraction of sp³-hybridized carbons (Fsp3) is 0.500. The molecule has 0 heterocycles. The minimum atomic E-state index is -1.07. The molecule has 0 amide bonds. The van der Waals surface area contributed by atoms with E-state index in [1.165, 1.54) is 87.1 Å². The summed E-state index contributed by atoms with van der Waals surface area (Å²) in [4.78, 5) is 0. The maximum atomic E-state index is 4.26. The van der Waals surface area contributed by atoms with Gasteiger partial charge in [0.2, 0.25) is 0 Å². The Morgan fingerprint density at radius 2 is 1.07 bits per heavy atom. The van der Waals surface area contributed by atoms with Crippen LogP contribution in [0.15, 0.2) is 61.0 Å². The molecular weight excluding hydrogens is 392 g/mol. The molecule has 4 rings (SSSR count). The third kappa shape index (κ3) is 5.45. The molecule has 2 saturated carbocycles. The highest BCUT2D eigenvalue weighted by molar-refractivity contribution is 6.78. The molecule has 30 heavy (non-hydrogen) atoms. The number of rotatable bonds is 8. The van der Waals surface area contributed by atoms with E-state index in [1.54, 1.807) is 10.4 Å². The third-order valence-electron chi connectivity index (χ3n) is 7.94. The zero-order valence-corrected chi connectivity index (χ0v) is 21.1. The molecule has 2 aromatic carbocycles. The van der Waals surface area contributed by atoms with Crippen LogP contribution in [0.25, 0.3) is 10.8 Å². The topological polar surface area (TPSA) is 0 Å². The van der Waals surface area contributed by atoms with Crippen LogP contribution >= 0.6 is 0 Å². The van der Waals surface area contributed by atoms with Gasteiger partial charge in [0.1, 0.15) is 0 Å². The molecule has 0 saturated heterocycles. The van der Waals surface area contributed by atoms with Gasteiger partial charge in [-0.15, -0.1) is 24.6 Å². The van der Waals surface area contributed by atoms with Gasteiger partial charge in [-0.1, -0.05) is 111 Å². The van der Waals surface area contributed by atoms with Gasteiger partial charge in [0.05, 0.1) is 17.6 Å². The van der Waals surface area contributed by atoms with E-state index in [9.17, 15) is 0 Å². The standard InChI is InChI=1S/C28H40Si2/c1-3-29(21-23-11-7-5-8-12-23)27-17-15-25-16-18-28(20-26(25)19-27)30(4-2)22-24-13-9-6-10-14-24/h3-4,15-20,23-24,29-30H,1-2,5-14,21-22H2. The van der Waals surface area contributed by atoms with Gasteiger partial charge in [0.25, 0.3) is 0 Å². The molecular formula is C28H40Si2. The van der Waals surface area contributed by atoms with Gasteiger partial charge >= 0.3 is 0 Å². The lowest BCUT2D eigenvalue weighted by atomic mass is 9.91. The summed E-state index contributed by atoms with van der Waals surface area (Å²) < 4.78 is 0. The van der Waals surface area contributed by atoms with E-state index in [0.717, 1.165) is 11.8 Å². The van der Waals surface area contributed by atoms with Crippen molar-refractivity contribution in [3.8, 4) is 0 Å². The van der Waals surface area contributed by atoms with E-state index >= 15 is 0 Å². The molecule has 2 aromatic rings. The van der Waals surface area contributed by atoms with Crippen molar-refractivity contribution in [1.82, 2.24) is 0 Å². The normalized spacial score (nSPS) is 20.7. The highest BCUT2D eigenvalue weighted by Crippen LogP contribution is 2.29. The largest absolute Gasteiger partial charge is 0.107 e. The molecule has 2 aliphatic carbocycles. The van der Waals surface area contributed by atoms with Gasteiger partial charge in [-0.3, -0.25) is 0 Å². The molecule has 2 atom stereocenters. The van der Waals surface area contributed by atoms with E-state index in [0.29, 0.717) is 0 Å². The molecule has 0 radical (unpaired) electrons. The summed E-state index contributed by atoms with van der Waals surface area (Å²) in [6, 6.07) is 17.4. The first-order chi connectivity index (χ1) is 14.8. The van der Waals surface area contributed by atoms with Crippen molar-refractivity contribution >= 4 is 38.7 Å². The maximum absolute atomic E-state index is 4.26. The SMILES string of the molecule is C=C[SiH](CC1CCCCC1)c1ccc2ccc([SiH](C=C)CC3CCCCC3)cc2c1. The van der Waals surface area contributed by atoms with Gasteiger partial charge in [-0.2, -0.15) is 0 Å². The molecule has 0 nitrogen and oxygen atoms in total. The number of hydrogen-bond donors (Lipinski definition) is 0. The molecule has 2 aliphatic rings. The Morgan fingerprint density at radius 1 is 0.633 bits per heavy atom. The van der Waals surface area contributed by atoms with Crippen molar-refractivity contribution in [3.63, 3.8) is 0 Å². The van der Waals surface area contributed by atoms with Crippen LogP contribution in [0, 0.1) is 11.8 Å². The van der Waals surface area contributed by atoms with Crippen LogP contribution < -0.4 is 10.4 Å². The summed E-state index contributed by atoms with van der Waals surface area (Å²) in [6.45, 7) is 8.52. The summed E-state index contributed by atoms with van der Waals surface area (Å²) >= 11 is 0. The first-order valence-electron chi connectivity index (χ1n) is 12.6. The highest BCUT2D eigenvalue weighted by Gasteiger charge is 2.21. The Labute approximate surface area is 187 Å². The van der Waals surface area contributed by atoms with Crippen LogP contribution in [-0.4, -0.2) is 17.6 Å². The second-order valence-corrected chi connectivity index (χ2v) is 15.7. The van der Waals surface area contributed by atoms with Gasteiger partial charge in [0.15, 0.2) is 0 Å². The lowest BCUT2D eigenvalue weighted by Gasteiger charge is -2.25. The summed E-state index contributed by atoms with van der Waals surface area (Å²) in [5.41, 5.74) is 4.67. The monoisotopic (exact) mass is 432 g/mol. The zero-order chi connectivity index (χ0) is 20.8. The number of benzene rings is 2. The number of hydrogen-bond acceptors (Lipinski definition) is 0. The van der Waals surface area contributed by atoms with Gasteiger partial charge < -0.3 is 0 Å². The van der Waals surface area contributed by atoms with Crippen LogP contribution in [0.1, 0.15) is 64.2 Å². The maximum Gasteiger partial charge on any atom is 0.0937 e. The smallest absolute Gasteiger partial charge is 0.0937 e. The van der Waals surface area contributed by atoms with Gasteiger partial charge in [-0.25, -0.2) is 0 Å². The minimum Gasteiger partial charge on any atom is -0.107 e. The zero-order valence-electron chi connectivity index (χ0n) is 18.8. The van der Waals surface area contributed by atoms with Crippen LogP contribution in [-0.2, 0) is 0 Å². The van der Waals surface area contributed by atoms with E-state index in [4.69, 9.17) is 0 Å². The van der Waals surface area contributed by atoms with Crippen molar-refractivity contribution < 1.29 is 0 Å². The van der Waals surface area contributed by atoms with Crippen molar-refractivity contribution in [3.05, 3.63) is 61.0 Å². The highest BCUT2D eigenvalue weighted by atomic mass is 28.3. The molecule has 2 heteroatoms. The van der Waals surface area contributed by atoms with Crippen molar-refractivity contribution in [2.45, 2.75) is 76.3 Å². The third-order valence-corrected chi connectivity index (χ3v) is 13.9. The van der Waals surface area contributed by atoms with E-state index in [1.807, 2.05) is 0 Å². The van der Waals surface area contributed by atoms with Crippen LogP contribution in [0.3, 0.4) is 0 Å². The van der Waals surface area contributed by atoms with Crippen LogP contribution in [0.2, 0.25) is 12.1 Å². The average molecular weight is 433 g/mol. The molecule has 0 aliphatic heterocycles. The lowest BCUT2D eigenvalue weighted by Crippen LogP contribution is -2.32. The Hall–Kier alpha value is -1.39. The fourth-order valence-electron chi connectivity index (χ4n) is 6.05. The van der Waals surface area contributed by atoms with E-state index in [-0.39, 0.29) is 0 Å². The summed E-state index contributed by atoms with van der Waals surface area (Å²) in [5, 5.41) is 6.05. The molecule has 160 valence electrons. The Bertz CT molecular complexity index is 776. The van der Waals surface area contributed by atoms with E-state index < -0.39 is 17.6 Å². The first kappa shape index (κ1) is 21.8. The molecule has 2 unspecified atom stereocenters. The van der Waals surface area contributed by atoms with Crippen molar-refractivity contribution in [1.29, 1.82) is 0 Å². The Morgan fingerprint density at radius 3 is 1.47 bits per heavy atom. The Kier molecular flexibility index (Phi) is 7.84. The molecule has 0 spiro atoms. The minimum absolute atomic E-state index is 0.948. The lowest BCUT2D eigenvalue weighted by molar-refractivity contribution is 0.384. The van der Waals surface area contributed by atoms with Crippen molar-refractivity contribution in [2.24, 2.45) is 11.8 Å². The van der Waals surface area contributed by atoms with Crippen LogP contribution in [0.4, 0.5) is 0 Å². The predicted molar refractivity (Wildman–Crippen MR) is 141 cm³/mol. The predicted octanol–water partition coefficient (Wildman–Crippen LogP) is 6.32. The van der Waals surface area contributed by atoms with Gasteiger partial charge in [-0.05, 0) is 34.7 Å². The summed E-state index contributed by atoms with van der Waals surface area (Å²) in [5.74, 6) is 1.90. The van der Waals surface area contributed by atoms with Gasteiger partial charge in [0, 0.05) is 0 Å². The first-order valence-corrected chi connectivity index (χ1v) is 16.7. The molecule has 0 aromatic heterocycles. The Balaban J connectivity index is 1.53. The molecule has 0 bridgehead atoms. The molecule has 0 N–H and O–H groups in total. The van der Waals surface area contributed by atoms with E-state index in [2.05, 4.69) is 61.0 Å². The summed E-state index contributed by atoms with van der Waals surface area (Å²) in [7, 11) is -2.15. The average Bonchev–Trinajstić information content (AvgIpc) is 2.81. The second-order valence-electron chi connectivity index (χ2n) is 10.0. The van der Waals surface area contributed by atoms with Crippen LogP contribution in [0.5, 0.6) is 0 Å². The van der Waals surface area contributed by atoms with Crippen molar-refractivity contribution in [2.75, 3.05) is 0 Å². The summed E-state index contributed by atoms with van der Waals surface area (Å²) in [6.07, 6.45) is 14.5.